The summed E-state index contributed by atoms with van der Waals surface area (Å²) >= 11 is 0. The molecule has 3 heteroatoms. The topological polar surface area (TPSA) is 57.5 Å². The van der Waals surface area contributed by atoms with Crippen molar-refractivity contribution in [3.63, 3.8) is 0 Å². The van der Waals surface area contributed by atoms with Gasteiger partial charge in [0.05, 0.1) is 0 Å². The van der Waals surface area contributed by atoms with Gasteiger partial charge in [0.15, 0.2) is 0 Å². The van der Waals surface area contributed by atoms with Gasteiger partial charge in [0, 0.05) is 5.56 Å². The van der Waals surface area contributed by atoms with E-state index >= 15 is 0 Å². The smallest absolute Gasteiger partial charge is 0.123 e. The normalized spacial score (nSPS) is 9.00. The molecule has 0 fully saturated rings. The maximum absolute atomic E-state index is 9.57. The van der Waals surface area contributed by atoms with Crippen LogP contribution in [0.15, 0.2) is 48.5 Å². The van der Waals surface area contributed by atoms with Crippen molar-refractivity contribution in [3.05, 3.63) is 48.5 Å². The van der Waals surface area contributed by atoms with E-state index in [1.807, 2.05) is 18.9 Å². The second kappa shape index (κ2) is 5.56. The van der Waals surface area contributed by atoms with Crippen LogP contribution in [0.3, 0.4) is 0 Å². The van der Waals surface area contributed by atoms with E-state index in [0.29, 0.717) is 0 Å². The molecule has 0 aliphatic rings. The SMILES string of the molecule is C=O.Oc1ccc(-c2ccccc2O)cc1. The fourth-order valence-electron chi connectivity index (χ4n) is 1.36. The van der Waals surface area contributed by atoms with E-state index in [2.05, 4.69) is 0 Å². The van der Waals surface area contributed by atoms with Gasteiger partial charge in [0.1, 0.15) is 18.3 Å². The van der Waals surface area contributed by atoms with Crippen molar-refractivity contribution >= 4 is 6.79 Å². The molecular formula is C13H12O3. The van der Waals surface area contributed by atoms with Gasteiger partial charge in [0.2, 0.25) is 0 Å². The third-order valence-electron chi connectivity index (χ3n) is 2.08. The van der Waals surface area contributed by atoms with E-state index in [1.54, 1.807) is 36.4 Å². The first kappa shape index (κ1) is 11.8. The molecule has 0 aromatic heterocycles. The predicted molar refractivity (Wildman–Crippen MR) is 62.3 cm³/mol. The molecule has 2 rings (SSSR count). The van der Waals surface area contributed by atoms with Gasteiger partial charge in [-0.05, 0) is 23.8 Å². The predicted octanol–water partition coefficient (Wildman–Crippen LogP) is 2.58. The molecule has 0 spiro atoms. The summed E-state index contributed by atoms with van der Waals surface area (Å²) in [5.74, 6) is 0.474. The van der Waals surface area contributed by atoms with Gasteiger partial charge in [-0.15, -0.1) is 0 Å². The number of carbonyl (C=O) groups is 1. The Kier molecular flexibility index (Phi) is 4.09. The lowest BCUT2D eigenvalue weighted by Gasteiger charge is -2.03. The van der Waals surface area contributed by atoms with Crippen molar-refractivity contribution in [2.24, 2.45) is 0 Å². The highest BCUT2D eigenvalue weighted by Gasteiger charge is 2.01. The molecule has 0 atom stereocenters. The molecule has 0 saturated carbocycles. The number of rotatable bonds is 1. The molecule has 0 aliphatic heterocycles. The van der Waals surface area contributed by atoms with Gasteiger partial charge in [-0.25, -0.2) is 0 Å². The Hall–Kier alpha value is -2.29. The highest BCUT2D eigenvalue weighted by molar-refractivity contribution is 5.70. The van der Waals surface area contributed by atoms with E-state index in [4.69, 9.17) is 9.90 Å². The van der Waals surface area contributed by atoms with Gasteiger partial charge in [-0.3, -0.25) is 0 Å². The standard InChI is InChI=1S/C12H10O2.CH2O/c13-10-7-5-9(6-8-10)11-3-1-2-4-12(11)14;1-2/h1-8,13-14H;1H2. The fraction of sp³-hybridized carbons (Fsp3) is 0. The number of hydrogen-bond donors (Lipinski definition) is 2. The third kappa shape index (κ3) is 2.60. The zero-order valence-corrected chi connectivity index (χ0v) is 8.63. The number of carbonyl (C=O) groups excluding carboxylic acids is 1. The van der Waals surface area contributed by atoms with Crippen LogP contribution in [0.1, 0.15) is 0 Å². The van der Waals surface area contributed by atoms with Crippen LogP contribution >= 0.6 is 0 Å². The Balaban J connectivity index is 0.000000606. The minimum absolute atomic E-state index is 0.226. The van der Waals surface area contributed by atoms with E-state index in [9.17, 15) is 5.11 Å². The molecule has 0 aliphatic carbocycles. The third-order valence-corrected chi connectivity index (χ3v) is 2.08. The molecule has 0 amide bonds. The van der Waals surface area contributed by atoms with Gasteiger partial charge in [0.25, 0.3) is 0 Å². The second-order valence-corrected chi connectivity index (χ2v) is 3.06. The van der Waals surface area contributed by atoms with E-state index in [1.165, 1.54) is 0 Å². The number of para-hydroxylation sites is 1. The highest BCUT2D eigenvalue weighted by Crippen LogP contribution is 2.29. The van der Waals surface area contributed by atoms with Crippen LogP contribution in [-0.4, -0.2) is 17.0 Å². The second-order valence-electron chi connectivity index (χ2n) is 3.06. The Morgan fingerprint density at radius 1 is 0.812 bits per heavy atom. The van der Waals surface area contributed by atoms with Crippen molar-refractivity contribution in [1.82, 2.24) is 0 Å². The molecule has 0 unspecified atom stereocenters. The largest absolute Gasteiger partial charge is 0.508 e. The minimum atomic E-state index is 0.226. The van der Waals surface area contributed by atoms with Crippen molar-refractivity contribution < 1.29 is 15.0 Å². The molecule has 16 heavy (non-hydrogen) atoms. The Morgan fingerprint density at radius 2 is 1.38 bits per heavy atom. The molecule has 2 N–H and O–H groups in total. The van der Waals surface area contributed by atoms with Crippen molar-refractivity contribution in [2.45, 2.75) is 0 Å². The van der Waals surface area contributed by atoms with Crippen molar-refractivity contribution in [2.75, 3.05) is 0 Å². The zero-order chi connectivity index (χ0) is 12.0. The maximum atomic E-state index is 9.57. The molecule has 2 aromatic rings. The zero-order valence-electron chi connectivity index (χ0n) is 8.63. The summed E-state index contributed by atoms with van der Waals surface area (Å²) in [6.07, 6.45) is 0. The Labute approximate surface area is 93.6 Å². The summed E-state index contributed by atoms with van der Waals surface area (Å²) in [5.41, 5.74) is 1.66. The average Bonchev–Trinajstić information content (AvgIpc) is 2.34. The van der Waals surface area contributed by atoms with Gasteiger partial charge < -0.3 is 15.0 Å². The summed E-state index contributed by atoms with van der Waals surface area (Å²) in [5, 5.41) is 18.7. The van der Waals surface area contributed by atoms with Crippen molar-refractivity contribution in [1.29, 1.82) is 0 Å². The van der Waals surface area contributed by atoms with Crippen LogP contribution in [-0.2, 0) is 4.79 Å². The number of hydrogen-bond acceptors (Lipinski definition) is 3. The summed E-state index contributed by atoms with van der Waals surface area (Å²) in [7, 11) is 0. The number of aromatic hydroxyl groups is 2. The van der Waals surface area contributed by atoms with Crippen LogP contribution in [0, 0.1) is 0 Å². The fourth-order valence-corrected chi connectivity index (χ4v) is 1.36. The quantitative estimate of drug-likeness (QED) is 0.770. The molecule has 0 heterocycles. The summed E-state index contributed by atoms with van der Waals surface area (Å²) in [6.45, 7) is 2.00. The van der Waals surface area contributed by atoms with Crippen molar-refractivity contribution in [3.8, 4) is 22.6 Å². The van der Waals surface area contributed by atoms with Crippen LogP contribution in [0.4, 0.5) is 0 Å². The summed E-state index contributed by atoms with van der Waals surface area (Å²) in [4.78, 5) is 8.00. The van der Waals surface area contributed by atoms with Gasteiger partial charge in [-0.1, -0.05) is 30.3 Å². The molecule has 0 saturated heterocycles. The molecule has 0 radical (unpaired) electrons. The first-order valence-electron chi connectivity index (χ1n) is 4.63. The first-order chi connectivity index (χ1) is 7.77. The average molecular weight is 216 g/mol. The molecule has 82 valence electrons. The van der Waals surface area contributed by atoms with Crippen LogP contribution in [0.2, 0.25) is 0 Å². The number of phenols is 2. The van der Waals surface area contributed by atoms with Crippen LogP contribution in [0.25, 0.3) is 11.1 Å². The number of phenolic OH excluding ortho intramolecular Hbond substituents is 2. The van der Waals surface area contributed by atoms with E-state index < -0.39 is 0 Å². The van der Waals surface area contributed by atoms with Gasteiger partial charge in [-0.2, -0.15) is 0 Å². The van der Waals surface area contributed by atoms with Crippen LogP contribution in [0.5, 0.6) is 11.5 Å². The molecular weight excluding hydrogens is 204 g/mol. The lowest BCUT2D eigenvalue weighted by Crippen LogP contribution is -1.77. The van der Waals surface area contributed by atoms with E-state index in [-0.39, 0.29) is 11.5 Å². The number of benzene rings is 2. The molecule has 3 nitrogen and oxygen atoms in total. The lowest BCUT2D eigenvalue weighted by atomic mass is 10.0. The Bertz CT molecular complexity index is 449. The first-order valence-corrected chi connectivity index (χ1v) is 4.63. The highest BCUT2D eigenvalue weighted by atomic mass is 16.3. The monoisotopic (exact) mass is 216 g/mol. The van der Waals surface area contributed by atoms with Gasteiger partial charge >= 0.3 is 0 Å². The maximum Gasteiger partial charge on any atom is 0.123 e. The summed E-state index contributed by atoms with van der Waals surface area (Å²) in [6, 6.07) is 13.9. The minimum Gasteiger partial charge on any atom is -0.508 e. The molecule has 0 bridgehead atoms. The summed E-state index contributed by atoms with van der Waals surface area (Å²) < 4.78 is 0. The van der Waals surface area contributed by atoms with E-state index in [0.717, 1.165) is 11.1 Å². The lowest BCUT2D eigenvalue weighted by molar-refractivity contribution is -0.0979. The Morgan fingerprint density at radius 3 is 1.94 bits per heavy atom. The van der Waals surface area contributed by atoms with Crippen LogP contribution < -0.4 is 0 Å². The molecule has 2 aromatic carbocycles.